The van der Waals surface area contributed by atoms with Crippen LogP contribution < -0.4 is 5.73 Å². The largest absolute Gasteiger partial charge is 0.476 e. The number of nitrogen functional groups attached to an aromatic ring is 1. The second-order valence-electron chi connectivity index (χ2n) is 3.24. The fourth-order valence-electron chi connectivity index (χ4n) is 1.45. The third kappa shape index (κ3) is 1.38. The number of nitrogens with zero attached hydrogens (tertiary/aromatic N) is 2. The van der Waals surface area contributed by atoms with Crippen molar-refractivity contribution < 1.29 is 9.90 Å². The number of fused-ring (bicyclic) bond motifs is 1. The minimum absolute atomic E-state index is 0.163. The van der Waals surface area contributed by atoms with Gasteiger partial charge < -0.3 is 10.8 Å². The summed E-state index contributed by atoms with van der Waals surface area (Å²) in [5, 5.41) is 16.9. The monoisotopic (exact) mass is 203 g/mol. The van der Waals surface area contributed by atoms with Gasteiger partial charge in [0.1, 0.15) is 0 Å². The van der Waals surface area contributed by atoms with E-state index in [4.69, 9.17) is 10.8 Å². The molecule has 15 heavy (non-hydrogen) atoms. The Morgan fingerprint density at radius 2 is 2.13 bits per heavy atom. The van der Waals surface area contributed by atoms with E-state index in [0.717, 1.165) is 5.56 Å². The number of anilines is 1. The average molecular weight is 203 g/mol. The Morgan fingerprint density at radius 1 is 1.40 bits per heavy atom. The Labute approximate surface area is 85.5 Å². The first-order valence-electron chi connectivity index (χ1n) is 4.36. The summed E-state index contributed by atoms with van der Waals surface area (Å²) in [4.78, 5) is 10.8. The number of hydrogen-bond acceptors (Lipinski definition) is 4. The average Bonchev–Trinajstić information content (AvgIpc) is 2.19. The zero-order valence-corrected chi connectivity index (χ0v) is 8.06. The van der Waals surface area contributed by atoms with Crippen LogP contribution in [0.15, 0.2) is 18.2 Å². The van der Waals surface area contributed by atoms with E-state index in [1.54, 1.807) is 12.1 Å². The quantitative estimate of drug-likeness (QED) is 0.727. The van der Waals surface area contributed by atoms with Crippen molar-refractivity contribution in [3.63, 3.8) is 0 Å². The molecule has 76 valence electrons. The van der Waals surface area contributed by atoms with Gasteiger partial charge in [0.2, 0.25) is 0 Å². The van der Waals surface area contributed by atoms with Crippen molar-refractivity contribution in [2.75, 3.05) is 5.73 Å². The zero-order chi connectivity index (χ0) is 11.0. The second-order valence-corrected chi connectivity index (χ2v) is 3.24. The van der Waals surface area contributed by atoms with E-state index in [-0.39, 0.29) is 11.4 Å². The molecule has 1 aromatic carbocycles. The van der Waals surface area contributed by atoms with Crippen LogP contribution in [0.1, 0.15) is 16.1 Å². The van der Waals surface area contributed by atoms with Crippen LogP contribution in [0.5, 0.6) is 0 Å². The third-order valence-electron chi connectivity index (χ3n) is 2.24. The molecule has 0 aliphatic carbocycles. The second kappa shape index (κ2) is 3.20. The first kappa shape index (κ1) is 9.39. The van der Waals surface area contributed by atoms with Crippen molar-refractivity contribution in [3.8, 4) is 0 Å². The first-order chi connectivity index (χ1) is 7.11. The number of rotatable bonds is 1. The lowest BCUT2D eigenvalue weighted by Crippen LogP contribution is -2.08. The molecule has 3 N–H and O–H groups in total. The van der Waals surface area contributed by atoms with Crippen molar-refractivity contribution in [2.45, 2.75) is 6.92 Å². The lowest BCUT2D eigenvalue weighted by Gasteiger charge is -2.04. The predicted octanol–water partition coefficient (Wildman–Crippen LogP) is 1.22. The Hall–Kier alpha value is -2.17. The molecule has 0 atom stereocenters. The van der Waals surface area contributed by atoms with Gasteiger partial charge in [-0.2, -0.15) is 0 Å². The molecule has 2 aromatic rings. The maximum atomic E-state index is 10.8. The Balaban J connectivity index is 2.86. The van der Waals surface area contributed by atoms with Gasteiger partial charge in [0.05, 0.1) is 11.2 Å². The number of aryl methyl sites for hydroxylation is 1. The van der Waals surface area contributed by atoms with E-state index >= 15 is 0 Å². The normalized spacial score (nSPS) is 10.5. The smallest absolute Gasteiger partial charge is 0.358 e. The summed E-state index contributed by atoms with van der Waals surface area (Å²) in [6.07, 6.45) is 0. The van der Waals surface area contributed by atoms with E-state index in [2.05, 4.69) is 10.2 Å². The van der Waals surface area contributed by atoms with E-state index < -0.39 is 5.97 Å². The highest BCUT2D eigenvalue weighted by atomic mass is 16.4. The van der Waals surface area contributed by atoms with Crippen LogP contribution >= 0.6 is 0 Å². The molecule has 0 unspecified atom stereocenters. The summed E-state index contributed by atoms with van der Waals surface area (Å²) in [5.41, 5.74) is 7.23. The number of benzene rings is 1. The van der Waals surface area contributed by atoms with Gasteiger partial charge in [-0.3, -0.25) is 0 Å². The summed E-state index contributed by atoms with van der Waals surface area (Å²) in [6, 6.07) is 5.41. The SMILES string of the molecule is Cc1cccc2c(N)c(C(=O)O)nnc12. The van der Waals surface area contributed by atoms with Gasteiger partial charge in [-0.15, -0.1) is 10.2 Å². The van der Waals surface area contributed by atoms with Crippen molar-refractivity contribution >= 4 is 22.6 Å². The Kier molecular flexibility index (Phi) is 2.00. The van der Waals surface area contributed by atoms with Crippen LogP contribution in [-0.2, 0) is 0 Å². The molecule has 0 amide bonds. The number of carboxylic acid groups (broad SMARTS) is 1. The topological polar surface area (TPSA) is 89.1 Å². The molecule has 1 heterocycles. The van der Waals surface area contributed by atoms with Gasteiger partial charge in [-0.1, -0.05) is 18.2 Å². The van der Waals surface area contributed by atoms with Gasteiger partial charge in [-0.05, 0) is 12.5 Å². The highest BCUT2D eigenvalue weighted by molar-refractivity contribution is 6.02. The van der Waals surface area contributed by atoms with Crippen LogP contribution in [0, 0.1) is 6.92 Å². The molecule has 1 aromatic heterocycles. The first-order valence-corrected chi connectivity index (χ1v) is 4.36. The van der Waals surface area contributed by atoms with Crippen LogP contribution in [0.2, 0.25) is 0 Å². The number of aromatic carboxylic acids is 1. The molecule has 0 saturated carbocycles. The van der Waals surface area contributed by atoms with Crippen molar-refractivity contribution in [1.82, 2.24) is 10.2 Å². The van der Waals surface area contributed by atoms with Crippen LogP contribution in [0.3, 0.4) is 0 Å². The molecule has 0 bridgehead atoms. The van der Waals surface area contributed by atoms with Gasteiger partial charge in [-0.25, -0.2) is 4.79 Å². The van der Waals surface area contributed by atoms with Gasteiger partial charge >= 0.3 is 5.97 Å². The number of hydrogen-bond donors (Lipinski definition) is 2. The molecule has 0 aliphatic rings. The van der Waals surface area contributed by atoms with Crippen LogP contribution in [0.4, 0.5) is 5.69 Å². The molecule has 0 saturated heterocycles. The standard InChI is InChI=1S/C10H9N3O2/c1-5-3-2-4-6-7(11)9(10(14)15)13-12-8(5)6/h2-4H,1H3,(H2,11,12)(H,14,15). The van der Waals surface area contributed by atoms with E-state index in [9.17, 15) is 4.79 Å². The molecular weight excluding hydrogens is 194 g/mol. The number of aromatic nitrogens is 2. The van der Waals surface area contributed by atoms with Gasteiger partial charge in [0.15, 0.2) is 5.69 Å². The lowest BCUT2D eigenvalue weighted by atomic mass is 10.1. The lowest BCUT2D eigenvalue weighted by molar-refractivity contribution is 0.0691. The maximum Gasteiger partial charge on any atom is 0.358 e. The summed E-state index contributed by atoms with van der Waals surface area (Å²) < 4.78 is 0. The van der Waals surface area contributed by atoms with E-state index in [1.165, 1.54) is 0 Å². The minimum Gasteiger partial charge on any atom is -0.476 e. The summed E-state index contributed by atoms with van der Waals surface area (Å²) >= 11 is 0. The molecule has 0 radical (unpaired) electrons. The van der Waals surface area contributed by atoms with Gasteiger partial charge in [0, 0.05) is 5.39 Å². The fraction of sp³-hybridized carbons (Fsp3) is 0.100. The summed E-state index contributed by atoms with van der Waals surface area (Å²) in [6.45, 7) is 1.87. The van der Waals surface area contributed by atoms with E-state index in [1.807, 2.05) is 13.0 Å². The Morgan fingerprint density at radius 3 is 2.80 bits per heavy atom. The number of carbonyl (C=O) groups is 1. The zero-order valence-electron chi connectivity index (χ0n) is 8.06. The molecule has 5 heteroatoms. The highest BCUT2D eigenvalue weighted by Crippen LogP contribution is 2.23. The van der Waals surface area contributed by atoms with Crippen molar-refractivity contribution in [2.24, 2.45) is 0 Å². The fourth-order valence-corrected chi connectivity index (χ4v) is 1.45. The van der Waals surface area contributed by atoms with Gasteiger partial charge in [0.25, 0.3) is 0 Å². The Bertz CT molecular complexity index is 552. The highest BCUT2D eigenvalue weighted by Gasteiger charge is 2.14. The molecule has 0 spiro atoms. The van der Waals surface area contributed by atoms with Crippen LogP contribution in [-0.4, -0.2) is 21.3 Å². The molecule has 2 rings (SSSR count). The summed E-state index contributed by atoms with van der Waals surface area (Å²) in [5.74, 6) is -1.16. The predicted molar refractivity (Wildman–Crippen MR) is 55.6 cm³/mol. The van der Waals surface area contributed by atoms with Crippen molar-refractivity contribution in [1.29, 1.82) is 0 Å². The summed E-state index contributed by atoms with van der Waals surface area (Å²) in [7, 11) is 0. The molecule has 0 aliphatic heterocycles. The van der Waals surface area contributed by atoms with Crippen LogP contribution in [0.25, 0.3) is 10.9 Å². The van der Waals surface area contributed by atoms with Crippen molar-refractivity contribution in [3.05, 3.63) is 29.5 Å². The molecular formula is C10H9N3O2. The number of carboxylic acids is 1. The third-order valence-corrected chi connectivity index (χ3v) is 2.24. The number of nitrogens with two attached hydrogens (primary N) is 1. The van der Waals surface area contributed by atoms with E-state index in [0.29, 0.717) is 10.9 Å². The minimum atomic E-state index is -1.16. The molecule has 5 nitrogen and oxygen atoms in total. The maximum absolute atomic E-state index is 10.8. The molecule has 0 fully saturated rings.